The first-order valence-corrected chi connectivity index (χ1v) is 6.66. The number of aromatic carboxylic acids is 1. The number of furan rings is 1. The van der Waals surface area contributed by atoms with E-state index >= 15 is 0 Å². The molecule has 1 atom stereocenters. The van der Waals surface area contributed by atoms with E-state index in [9.17, 15) is 13.2 Å². The Morgan fingerprint density at radius 3 is 2.39 bits per heavy atom. The average Bonchev–Trinajstić information content (AvgIpc) is 2.51. The normalized spacial score (nSPS) is 13.6. The standard InChI is InChI=1S/C10H15NO6S/c1-5(12)4-11-18(15,16)9-7(3)17-6(2)8(9)10(13)14/h5,11-12H,4H2,1-3H3,(H,13,14)/t5-/m1/s1. The van der Waals surface area contributed by atoms with Crippen molar-refractivity contribution in [2.45, 2.75) is 31.8 Å². The molecular formula is C10H15NO6S. The van der Waals surface area contributed by atoms with Crippen molar-refractivity contribution in [2.75, 3.05) is 6.54 Å². The molecular weight excluding hydrogens is 262 g/mol. The number of aryl methyl sites for hydroxylation is 2. The lowest BCUT2D eigenvalue weighted by atomic mass is 10.2. The first kappa shape index (κ1) is 14.7. The Bertz CT molecular complexity index is 557. The minimum absolute atomic E-state index is 0.00277. The van der Waals surface area contributed by atoms with Crippen LogP contribution in [0.5, 0.6) is 0 Å². The van der Waals surface area contributed by atoms with Gasteiger partial charge in [-0.2, -0.15) is 0 Å². The van der Waals surface area contributed by atoms with Crippen LogP contribution in [0.15, 0.2) is 9.31 Å². The van der Waals surface area contributed by atoms with E-state index in [-0.39, 0.29) is 23.6 Å². The van der Waals surface area contributed by atoms with Gasteiger partial charge in [0.2, 0.25) is 10.0 Å². The summed E-state index contributed by atoms with van der Waals surface area (Å²) in [5.74, 6) is -1.35. The molecule has 1 heterocycles. The zero-order valence-corrected chi connectivity index (χ0v) is 11.0. The van der Waals surface area contributed by atoms with Crippen LogP contribution in [-0.4, -0.2) is 37.2 Å². The molecule has 0 amide bonds. The van der Waals surface area contributed by atoms with Gasteiger partial charge in [-0.15, -0.1) is 0 Å². The highest BCUT2D eigenvalue weighted by molar-refractivity contribution is 7.89. The molecule has 0 radical (unpaired) electrons. The highest BCUT2D eigenvalue weighted by Crippen LogP contribution is 2.26. The minimum Gasteiger partial charge on any atom is -0.478 e. The molecule has 0 saturated heterocycles. The van der Waals surface area contributed by atoms with Crippen molar-refractivity contribution in [1.29, 1.82) is 0 Å². The maximum absolute atomic E-state index is 12.0. The maximum Gasteiger partial charge on any atom is 0.340 e. The highest BCUT2D eigenvalue weighted by atomic mass is 32.2. The van der Waals surface area contributed by atoms with Crippen molar-refractivity contribution in [3.05, 3.63) is 17.1 Å². The molecule has 7 nitrogen and oxygen atoms in total. The van der Waals surface area contributed by atoms with Gasteiger partial charge < -0.3 is 14.6 Å². The number of carboxylic acids is 1. The van der Waals surface area contributed by atoms with Gasteiger partial charge in [0.05, 0.1) is 6.10 Å². The largest absolute Gasteiger partial charge is 0.478 e. The Morgan fingerprint density at radius 2 is 1.94 bits per heavy atom. The van der Waals surface area contributed by atoms with Gasteiger partial charge in [0.1, 0.15) is 22.0 Å². The van der Waals surface area contributed by atoms with Crippen LogP contribution in [-0.2, 0) is 10.0 Å². The van der Waals surface area contributed by atoms with Crippen LogP contribution in [0.1, 0.15) is 28.8 Å². The van der Waals surface area contributed by atoms with Crippen LogP contribution in [0.4, 0.5) is 0 Å². The number of sulfonamides is 1. The molecule has 1 rings (SSSR count). The molecule has 0 fully saturated rings. The van der Waals surface area contributed by atoms with Crippen molar-refractivity contribution in [3.63, 3.8) is 0 Å². The number of carbonyl (C=O) groups is 1. The van der Waals surface area contributed by atoms with Crippen LogP contribution >= 0.6 is 0 Å². The van der Waals surface area contributed by atoms with E-state index in [1.807, 2.05) is 0 Å². The zero-order valence-electron chi connectivity index (χ0n) is 10.2. The molecule has 0 aliphatic heterocycles. The second-order valence-electron chi connectivity index (χ2n) is 3.92. The molecule has 0 bridgehead atoms. The first-order valence-electron chi connectivity index (χ1n) is 5.17. The summed E-state index contributed by atoms with van der Waals surface area (Å²) in [6.45, 7) is 3.96. The van der Waals surface area contributed by atoms with E-state index in [1.165, 1.54) is 20.8 Å². The monoisotopic (exact) mass is 277 g/mol. The number of hydrogen-bond acceptors (Lipinski definition) is 5. The highest BCUT2D eigenvalue weighted by Gasteiger charge is 2.30. The number of hydrogen-bond donors (Lipinski definition) is 3. The molecule has 0 unspecified atom stereocenters. The predicted molar refractivity (Wildman–Crippen MR) is 62.0 cm³/mol. The number of aliphatic hydroxyl groups is 1. The number of nitrogens with one attached hydrogen (secondary N) is 1. The van der Waals surface area contributed by atoms with Gasteiger partial charge in [-0.3, -0.25) is 0 Å². The van der Waals surface area contributed by atoms with Crippen molar-refractivity contribution in [3.8, 4) is 0 Å². The van der Waals surface area contributed by atoms with E-state index in [2.05, 4.69) is 4.72 Å². The third kappa shape index (κ3) is 2.89. The second kappa shape index (κ2) is 5.09. The van der Waals surface area contributed by atoms with Gasteiger partial charge in [0, 0.05) is 6.54 Å². The Labute approximate surface area is 104 Å². The van der Waals surface area contributed by atoms with Gasteiger partial charge in [0.15, 0.2) is 0 Å². The molecule has 1 aromatic heterocycles. The SMILES string of the molecule is Cc1oc(C)c(S(=O)(=O)NC[C@@H](C)O)c1C(=O)O. The quantitative estimate of drug-likeness (QED) is 0.710. The third-order valence-electron chi connectivity index (χ3n) is 2.26. The fourth-order valence-electron chi connectivity index (χ4n) is 1.54. The van der Waals surface area contributed by atoms with E-state index < -0.39 is 27.0 Å². The Kier molecular flexibility index (Phi) is 4.15. The number of aliphatic hydroxyl groups excluding tert-OH is 1. The summed E-state index contributed by atoms with van der Waals surface area (Å²) in [4.78, 5) is 10.6. The fraction of sp³-hybridized carbons (Fsp3) is 0.500. The predicted octanol–water partition coefficient (Wildman–Crippen LogP) is 0.254. The Balaban J connectivity index is 3.28. The lowest BCUT2D eigenvalue weighted by molar-refractivity contribution is 0.0691. The number of carboxylic acid groups (broad SMARTS) is 1. The van der Waals surface area contributed by atoms with Crippen LogP contribution in [0.2, 0.25) is 0 Å². The van der Waals surface area contributed by atoms with E-state index in [0.717, 1.165) is 0 Å². The molecule has 0 saturated carbocycles. The topological polar surface area (TPSA) is 117 Å². The second-order valence-corrected chi connectivity index (χ2v) is 5.63. The molecule has 3 N–H and O–H groups in total. The van der Waals surface area contributed by atoms with Crippen molar-refractivity contribution >= 4 is 16.0 Å². The van der Waals surface area contributed by atoms with Crippen molar-refractivity contribution in [2.24, 2.45) is 0 Å². The lowest BCUT2D eigenvalue weighted by Gasteiger charge is -2.08. The van der Waals surface area contributed by atoms with Crippen LogP contribution in [0, 0.1) is 13.8 Å². The van der Waals surface area contributed by atoms with Gasteiger partial charge in [0.25, 0.3) is 0 Å². The summed E-state index contributed by atoms with van der Waals surface area (Å²) in [6, 6.07) is 0. The van der Waals surface area contributed by atoms with Gasteiger partial charge in [-0.25, -0.2) is 17.9 Å². The summed E-state index contributed by atoms with van der Waals surface area (Å²) in [5.41, 5.74) is -0.384. The van der Waals surface area contributed by atoms with E-state index in [4.69, 9.17) is 14.6 Å². The Hall–Kier alpha value is -1.38. The summed E-state index contributed by atoms with van der Waals surface area (Å²) >= 11 is 0. The number of rotatable bonds is 5. The van der Waals surface area contributed by atoms with Crippen molar-refractivity contribution in [1.82, 2.24) is 4.72 Å². The molecule has 0 aliphatic rings. The van der Waals surface area contributed by atoms with Gasteiger partial charge in [-0.05, 0) is 20.8 Å². The molecule has 8 heteroatoms. The maximum atomic E-state index is 12.0. The molecule has 0 spiro atoms. The summed E-state index contributed by atoms with van der Waals surface area (Å²) in [5, 5.41) is 18.0. The minimum atomic E-state index is -4.03. The smallest absolute Gasteiger partial charge is 0.340 e. The van der Waals surface area contributed by atoms with Crippen LogP contribution in [0.25, 0.3) is 0 Å². The molecule has 102 valence electrons. The Morgan fingerprint density at radius 1 is 1.39 bits per heavy atom. The van der Waals surface area contributed by atoms with Crippen LogP contribution in [0.3, 0.4) is 0 Å². The summed E-state index contributed by atoms with van der Waals surface area (Å²) in [7, 11) is -4.03. The zero-order chi connectivity index (χ0) is 14.1. The van der Waals surface area contributed by atoms with E-state index in [1.54, 1.807) is 0 Å². The lowest BCUT2D eigenvalue weighted by Crippen LogP contribution is -2.31. The molecule has 0 aliphatic carbocycles. The van der Waals surface area contributed by atoms with E-state index in [0.29, 0.717) is 0 Å². The van der Waals surface area contributed by atoms with Crippen molar-refractivity contribution < 1.29 is 27.8 Å². The molecule has 18 heavy (non-hydrogen) atoms. The molecule has 1 aromatic rings. The summed E-state index contributed by atoms with van der Waals surface area (Å²) in [6.07, 6.45) is -0.874. The van der Waals surface area contributed by atoms with Gasteiger partial charge >= 0.3 is 5.97 Å². The summed E-state index contributed by atoms with van der Waals surface area (Å²) < 4.78 is 31.1. The average molecular weight is 277 g/mol. The molecule has 0 aromatic carbocycles. The van der Waals surface area contributed by atoms with Gasteiger partial charge in [-0.1, -0.05) is 0 Å². The fourth-order valence-corrected chi connectivity index (χ4v) is 3.06. The first-order chi connectivity index (χ1) is 8.16. The third-order valence-corrected chi connectivity index (χ3v) is 3.83. The van der Waals surface area contributed by atoms with Crippen LogP contribution < -0.4 is 4.72 Å².